The molecule has 1 heterocycles. The highest BCUT2D eigenvalue weighted by Crippen LogP contribution is 2.17. The molecule has 1 N–H and O–H groups in total. The molecule has 6 heteroatoms. The van der Waals surface area contributed by atoms with Gasteiger partial charge in [-0.3, -0.25) is 8.98 Å². The van der Waals surface area contributed by atoms with Crippen LogP contribution in [-0.4, -0.2) is 27.0 Å². The maximum atomic E-state index is 11.8. The normalized spacial score (nSPS) is 20.3. The first-order valence-corrected chi connectivity index (χ1v) is 6.67. The van der Waals surface area contributed by atoms with E-state index in [1.807, 2.05) is 6.92 Å². The van der Waals surface area contributed by atoms with Gasteiger partial charge in [-0.15, -0.1) is 0 Å². The van der Waals surface area contributed by atoms with Gasteiger partial charge in [0, 0.05) is 13.0 Å². The van der Waals surface area contributed by atoms with Gasteiger partial charge >= 0.3 is 0 Å². The molecule has 0 aromatic heterocycles. The second-order valence-corrected chi connectivity index (χ2v) is 5.50. The number of hydrogen-bond acceptors (Lipinski definition) is 4. The Labute approximate surface area is 99.9 Å². The molecular formula is C11H13NO4S. The van der Waals surface area contributed by atoms with Crippen LogP contribution in [0.15, 0.2) is 29.2 Å². The summed E-state index contributed by atoms with van der Waals surface area (Å²) in [7, 11) is -3.85. The fourth-order valence-electron chi connectivity index (χ4n) is 1.58. The number of hydrogen-bond donors (Lipinski definition) is 1. The minimum absolute atomic E-state index is 0.0720. The number of carbonyl (C=O) groups excluding carboxylic acids is 1. The lowest BCUT2D eigenvalue weighted by molar-refractivity contribution is -0.124. The summed E-state index contributed by atoms with van der Waals surface area (Å²) in [6.45, 7) is 2.31. The van der Waals surface area contributed by atoms with Crippen LogP contribution in [0.25, 0.3) is 0 Å². The first-order chi connectivity index (χ1) is 7.99. The van der Waals surface area contributed by atoms with Crippen molar-refractivity contribution in [3.63, 3.8) is 0 Å². The number of carbonyl (C=O) groups is 1. The van der Waals surface area contributed by atoms with Crippen molar-refractivity contribution in [2.45, 2.75) is 24.3 Å². The van der Waals surface area contributed by atoms with E-state index in [9.17, 15) is 13.2 Å². The Morgan fingerprint density at radius 2 is 1.94 bits per heavy atom. The summed E-state index contributed by atoms with van der Waals surface area (Å²) in [4.78, 5) is 11.3. The van der Waals surface area contributed by atoms with Crippen molar-refractivity contribution >= 4 is 16.0 Å². The molecule has 1 aliphatic rings. The summed E-state index contributed by atoms with van der Waals surface area (Å²) in [6.07, 6.45) is -0.523. The van der Waals surface area contributed by atoms with E-state index in [2.05, 4.69) is 5.32 Å². The molecule has 92 valence electrons. The quantitative estimate of drug-likeness (QED) is 0.802. The fourth-order valence-corrected chi connectivity index (χ4v) is 2.65. The summed E-state index contributed by atoms with van der Waals surface area (Å²) in [5, 5.41) is 2.52. The van der Waals surface area contributed by atoms with Crippen LogP contribution in [-0.2, 0) is 19.1 Å². The van der Waals surface area contributed by atoms with E-state index in [4.69, 9.17) is 4.18 Å². The molecule has 17 heavy (non-hydrogen) atoms. The van der Waals surface area contributed by atoms with Crippen LogP contribution in [0, 0.1) is 6.92 Å². The molecule has 1 saturated heterocycles. The van der Waals surface area contributed by atoms with E-state index in [1.165, 1.54) is 12.1 Å². The molecule has 1 aliphatic heterocycles. The van der Waals surface area contributed by atoms with Crippen molar-refractivity contribution in [2.75, 3.05) is 6.54 Å². The molecule has 1 aromatic carbocycles. The summed E-state index contributed by atoms with van der Waals surface area (Å²) in [6, 6.07) is 6.31. The molecule has 1 amide bonds. The molecule has 0 saturated carbocycles. The van der Waals surface area contributed by atoms with E-state index < -0.39 is 16.2 Å². The maximum absolute atomic E-state index is 11.8. The average molecular weight is 255 g/mol. The lowest BCUT2D eigenvalue weighted by Gasteiger charge is -2.09. The number of nitrogens with one attached hydrogen (secondary N) is 1. The van der Waals surface area contributed by atoms with Crippen LogP contribution in [0.1, 0.15) is 12.0 Å². The molecule has 2 rings (SSSR count). The monoisotopic (exact) mass is 255 g/mol. The van der Waals surface area contributed by atoms with Gasteiger partial charge in [0.15, 0.2) is 6.10 Å². The second kappa shape index (κ2) is 4.46. The summed E-state index contributed by atoms with van der Waals surface area (Å²) in [5.74, 6) is -0.374. The Balaban J connectivity index is 2.19. The Kier molecular flexibility index (Phi) is 3.17. The highest BCUT2D eigenvalue weighted by atomic mass is 32.2. The predicted molar refractivity (Wildman–Crippen MR) is 60.9 cm³/mol. The van der Waals surface area contributed by atoms with Crippen molar-refractivity contribution in [1.29, 1.82) is 0 Å². The van der Waals surface area contributed by atoms with Crippen molar-refractivity contribution < 1.29 is 17.4 Å². The predicted octanol–water partition coefficient (Wildman–Crippen LogP) is 0.589. The highest BCUT2D eigenvalue weighted by molar-refractivity contribution is 7.86. The fraction of sp³-hybridized carbons (Fsp3) is 0.364. The maximum Gasteiger partial charge on any atom is 0.297 e. The molecule has 0 aliphatic carbocycles. The Morgan fingerprint density at radius 3 is 2.47 bits per heavy atom. The van der Waals surface area contributed by atoms with Crippen molar-refractivity contribution in [3.05, 3.63) is 29.8 Å². The van der Waals surface area contributed by atoms with Crippen LogP contribution in [0.4, 0.5) is 0 Å². The van der Waals surface area contributed by atoms with Crippen LogP contribution >= 0.6 is 0 Å². The first kappa shape index (κ1) is 12.1. The molecule has 1 aromatic rings. The molecule has 1 unspecified atom stereocenters. The Bertz CT molecular complexity index is 521. The minimum Gasteiger partial charge on any atom is -0.354 e. The Morgan fingerprint density at radius 1 is 1.29 bits per heavy atom. The molecule has 0 bridgehead atoms. The zero-order chi connectivity index (χ0) is 12.5. The SMILES string of the molecule is Cc1ccc(S(=O)(=O)OC2CCNC2=O)cc1. The smallest absolute Gasteiger partial charge is 0.297 e. The first-order valence-electron chi connectivity index (χ1n) is 5.27. The molecule has 0 radical (unpaired) electrons. The van der Waals surface area contributed by atoms with Crippen molar-refractivity contribution in [1.82, 2.24) is 5.32 Å². The minimum atomic E-state index is -3.85. The largest absolute Gasteiger partial charge is 0.354 e. The molecule has 5 nitrogen and oxygen atoms in total. The zero-order valence-electron chi connectivity index (χ0n) is 9.34. The zero-order valence-corrected chi connectivity index (χ0v) is 10.2. The highest BCUT2D eigenvalue weighted by Gasteiger charge is 2.30. The van der Waals surface area contributed by atoms with E-state index >= 15 is 0 Å². The summed E-state index contributed by atoms with van der Waals surface area (Å²) >= 11 is 0. The van der Waals surface area contributed by atoms with Gasteiger partial charge in [-0.05, 0) is 19.1 Å². The summed E-state index contributed by atoms with van der Waals surface area (Å²) < 4.78 is 28.6. The van der Waals surface area contributed by atoms with Gasteiger partial charge in [0.1, 0.15) is 0 Å². The van der Waals surface area contributed by atoms with Crippen LogP contribution in [0.5, 0.6) is 0 Å². The molecular weight excluding hydrogens is 242 g/mol. The third-order valence-electron chi connectivity index (χ3n) is 2.55. The standard InChI is InChI=1S/C11H13NO4S/c1-8-2-4-9(5-3-8)17(14,15)16-10-6-7-12-11(10)13/h2-5,10H,6-7H2,1H3,(H,12,13). The van der Waals surface area contributed by atoms with Crippen molar-refractivity contribution in [3.8, 4) is 0 Å². The summed E-state index contributed by atoms with van der Waals surface area (Å²) in [5.41, 5.74) is 0.961. The van der Waals surface area contributed by atoms with Crippen LogP contribution < -0.4 is 5.32 Å². The van der Waals surface area contributed by atoms with E-state index in [0.717, 1.165) is 5.56 Å². The van der Waals surface area contributed by atoms with E-state index in [0.29, 0.717) is 13.0 Å². The van der Waals surface area contributed by atoms with Crippen molar-refractivity contribution in [2.24, 2.45) is 0 Å². The lowest BCUT2D eigenvalue weighted by Crippen LogP contribution is -2.27. The van der Waals surface area contributed by atoms with E-state index in [-0.39, 0.29) is 10.8 Å². The van der Waals surface area contributed by atoms with Gasteiger partial charge < -0.3 is 5.32 Å². The molecule has 1 fully saturated rings. The number of amides is 1. The van der Waals surface area contributed by atoms with Gasteiger partial charge in [-0.2, -0.15) is 8.42 Å². The number of aryl methyl sites for hydroxylation is 1. The van der Waals surface area contributed by atoms with Crippen LogP contribution in [0.3, 0.4) is 0 Å². The topological polar surface area (TPSA) is 72.5 Å². The van der Waals surface area contributed by atoms with Gasteiger partial charge in [-0.1, -0.05) is 17.7 Å². The van der Waals surface area contributed by atoms with Crippen LogP contribution in [0.2, 0.25) is 0 Å². The van der Waals surface area contributed by atoms with Gasteiger partial charge in [0.25, 0.3) is 16.0 Å². The number of benzene rings is 1. The third-order valence-corrected chi connectivity index (χ3v) is 3.89. The molecule has 1 atom stereocenters. The average Bonchev–Trinajstić information content (AvgIpc) is 2.64. The van der Waals surface area contributed by atoms with Gasteiger partial charge in [0.05, 0.1) is 4.90 Å². The van der Waals surface area contributed by atoms with Gasteiger partial charge in [-0.25, -0.2) is 0 Å². The van der Waals surface area contributed by atoms with Gasteiger partial charge in [0.2, 0.25) is 0 Å². The second-order valence-electron chi connectivity index (χ2n) is 3.93. The molecule has 0 spiro atoms. The third kappa shape index (κ3) is 2.65. The van der Waals surface area contributed by atoms with E-state index in [1.54, 1.807) is 12.1 Å². The lowest BCUT2D eigenvalue weighted by atomic mass is 10.2. The Hall–Kier alpha value is -1.40. The number of rotatable bonds is 3.